The van der Waals surface area contributed by atoms with Gasteiger partial charge in [0.25, 0.3) is 0 Å². The number of halogens is 2. The Hall–Kier alpha value is -0.710. The minimum Gasteiger partial charge on any atom is -0.309 e. The molecule has 1 N–H and O–H groups in total. The summed E-state index contributed by atoms with van der Waals surface area (Å²) in [5, 5.41) is 3.29. The quantitative estimate of drug-likeness (QED) is 0.870. The zero-order valence-corrected chi connectivity index (χ0v) is 13.0. The first-order chi connectivity index (χ1) is 8.52. The first-order valence-electron chi connectivity index (χ1n) is 5.72. The standard InChI is InChI=1S/C14H15BrFNS/c1-8-6-10(7-9(2)13(8)16)14(17-3)11-4-5-12(15)18-11/h4-7,14,17H,1-3H3. The molecule has 1 aromatic carbocycles. The van der Waals surface area contributed by atoms with Crippen LogP contribution < -0.4 is 5.32 Å². The predicted molar refractivity (Wildman–Crippen MR) is 78.8 cm³/mol. The van der Waals surface area contributed by atoms with Gasteiger partial charge >= 0.3 is 0 Å². The van der Waals surface area contributed by atoms with Crippen LogP contribution >= 0.6 is 27.3 Å². The Labute approximate surface area is 119 Å². The smallest absolute Gasteiger partial charge is 0.129 e. The van der Waals surface area contributed by atoms with Crippen molar-refractivity contribution in [3.63, 3.8) is 0 Å². The van der Waals surface area contributed by atoms with Crippen molar-refractivity contribution in [1.82, 2.24) is 5.32 Å². The highest BCUT2D eigenvalue weighted by atomic mass is 79.9. The van der Waals surface area contributed by atoms with Crippen LogP contribution in [0.3, 0.4) is 0 Å². The number of rotatable bonds is 3. The summed E-state index contributed by atoms with van der Waals surface area (Å²) in [6.07, 6.45) is 0. The second kappa shape index (κ2) is 5.51. The highest BCUT2D eigenvalue weighted by Crippen LogP contribution is 2.32. The van der Waals surface area contributed by atoms with Crippen molar-refractivity contribution in [1.29, 1.82) is 0 Å². The number of hydrogen-bond acceptors (Lipinski definition) is 2. The molecular weight excluding hydrogens is 313 g/mol. The SMILES string of the molecule is CNC(c1cc(C)c(F)c(C)c1)c1ccc(Br)s1. The molecule has 0 fully saturated rings. The molecule has 0 radical (unpaired) electrons. The van der Waals surface area contributed by atoms with Crippen LogP contribution in [0.4, 0.5) is 4.39 Å². The van der Waals surface area contributed by atoms with E-state index < -0.39 is 0 Å². The Balaban J connectivity index is 2.45. The molecule has 0 spiro atoms. The van der Waals surface area contributed by atoms with Crippen molar-refractivity contribution in [2.75, 3.05) is 7.05 Å². The molecule has 4 heteroatoms. The number of thiophene rings is 1. The lowest BCUT2D eigenvalue weighted by atomic mass is 10.00. The Kier molecular flexibility index (Phi) is 4.20. The monoisotopic (exact) mass is 327 g/mol. The van der Waals surface area contributed by atoms with Crippen LogP contribution in [0.2, 0.25) is 0 Å². The van der Waals surface area contributed by atoms with Gasteiger partial charge in [-0.3, -0.25) is 0 Å². The molecule has 0 amide bonds. The average Bonchev–Trinajstić information content (AvgIpc) is 2.73. The van der Waals surface area contributed by atoms with Gasteiger partial charge in [0, 0.05) is 4.88 Å². The third-order valence-corrected chi connectivity index (χ3v) is 4.65. The molecule has 0 aliphatic heterocycles. The second-order valence-corrected chi connectivity index (χ2v) is 6.83. The van der Waals surface area contributed by atoms with Crippen molar-refractivity contribution >= 4 is 27.3 Å². The highest BCUT2D eigenvalue weighted by Gasteiger charge is 2.16. The number of hydrogen-bond donors (Lipinski definition) is 1. The molecule has 1 heterocycles. The van der Waals surface area contributed by atoms with E-state index in [1.165, 1.54) is 4.88 Å². The van der Waals surface area contributed by atoms with E-state index in [0.29, 0.717) is 11.1 Å². The maximum Gasteiger partial charge on any atom is 0.129 e. The predicted octanol–water partition coefficient (Wildman–Crippen LogP) is 4.58. The van der Waals surface area contributed by atoms with Crippen LogP contribution in [-0.2, 0) is 0 Å². The Morgan fingerprint density at radius 1 is 1.22 bits per heavy atom. The van der Waals surface area contributed by atoms with E-state index in [-0.39, 0.29) is 11.9 Å². The molecule has 0 saturated carbocycles. The van der Waals surface area contributed by atoms with Gasteiger partial charge in [0.15, 0.2) is 0 Å². The van der Waals surface area contributed by atoms with Crippen molar-refractivity contribution in [3.8, 4) is 0 Å². The number of aryl methyl sites for hydroxylation is 2. The lowest BCUT2D eigenvalue weighted by molar-refractivity contribution is 0.605. The Bertz CT molecular complexity index is 542. The minimum absolute atomic E-state index is 0.110. The molecule has 1 aromatic heterocycles. The third kappa shape index (κ3) is 2.66. The van der Waals surface area contributed by atoms with Crippen LogP contribution in [0.5, 0.6) is 0 Å². The molecule has 1 nitrogen and oxygen atoms in total. The van der Waals surface area contributed by atoms with Gasteiger partial charge in [-0.2, -0.15) is 0 Å². The molecule has 1 unspecified atom stereocenters. The summed E-state index contributed by atoms with van der Waals surface area (Å²) in [4.78, 5) is 1.22. The molecule has 0 saturated heterocycles. The molecular formula is C14H15BrFNS. The first-order valence-corrected chi connectivity index (χ1v) is 7.33. The van der Waals surface area contributed by atoms with Crippen LogP contribution in [0.15, 0.2) is 28.1 Å². The molecule has 2 aromatic rings. The van der Waals surface area contributed by atoms with Crippen LogP contribution in [0.1, 0.15) is 27.6 Å². The van der Waals surface area contributed by atoms with Gasteiger partial charge in [-0.1, -0.05) is 12.1 Å². The largest absolute Gasteiger partial charge is 0.309 e. The average molecular weight is 328 g/mol. The van der Waals surface area contributed by atoms with Gasteiger partial charge in [0.1, 0.15) is 5.82 Å². The van der Waals surface area contributed by atoms with E-state index in [9.17, 15) is 4.39 Å². The third-order valence-electron chi connectivity index (χ3n) is 2.96. The van der Waals surface area contributed by atoms with E-state index >= 15 is 0 Å². The van der Waals surface area contributed by atoms with E-state index in [1.54, 1.807) is 11.3 Å². The summed E-state index contributed by atoms with van der Waals surface area (Å²) in [7, 11) is 1.92. The minimum atomic E-state index is -0.110. The molecule has 96 valence electrons. The van der Waals surface area contributed by atoms with Gasteiger partial charge in [0.05, 0.1) is 9.83 Å². The van der Waals surface area contributed by atoms with Crippen molar-refractivity contribution in [3.05, 3.63) is 55.4 Å². The fourth-order valence-electron chi connectivity index (χ4n) is 2.10. The summed E-state index contributed by atoms with van der Waals surface area (Å²) in [5.41, 5.74) is 2.49. The zero-order chi connectivity index (χ0) is 13.3. The maximum absolute atomic E-state index is 13.7. The fourth-order valence-corrected chi connectivity index (χ4v) is 3.66. The van der Waals surface area contributed by atoms with Gasteiger partial charge in [0.2, 0.25) is 0 Å². The molecule has 0 bridgehead atoms. The van der Waals surface area contributed by atoms with E-state index in [0.717, 1.165) is 9.35 Å². The summed E-state index contributed by atoms with van der Waals surface area (Å²) in [6.45, 7) is 3.62. The molecule has 0 aliphatic carbocycles. The first kappa shape index (κ1) is 13.7. The second-order valence-electron chi connectivity index (χ2n) is 4.33. The van der Waals surface area contributed by atoms with E-state index in [4.69, 9.17) is 0 Å². The number of benzene rings is 1. The topological polar surface area (TPSA) is 12.0 Å². The Morgan fingerprint density at radius 3 is 2.28 bits per heavy atom. The maximum atomic E-state index is 13.7. The fraction of sp³-hybridized carbons (Fsp3) is 0.286. The molecule has 2 rings (SSSR count). The van der Waals surface area contributed by atoms with E-state index in [1.807, 2.05) is 39.1 Å². The Morgan fingerprint density at radius 2 is 1.83 bits per heavy atom. The molecule has 1 atom stereocenters. The van der Waals surface area contributed by atoms with Crippen LogP contribution in [-0.4, -0.2) is 7.05 Å². The van der Waals surface area contributed by atoms with Gasteiger partial charge in [-0.15, -0.1) is 11.3 Å². The van der Waals surface area contributed by atoms with Gasteiger partial charge in [-0.05, 0) is 65.6 Å². The van der Waals surface area contributed by atoms with Gasteiger partial charge in [-0.25, -0.2) is 4.39 Å². The van der Waals surface area contributed by atoms with E-state index in [2.05, 4.69) is 27.3 Å². The van der Waals surface area contributed by atoms with Crippen LogP contribution in [0, 0.1) is 19.7 Å². The van der Waals surface area contributed by atoms with Crippen molar-refractivity contribution < 1.29 is 4.39 Å². The number of nitrogens with one attached hydrogen (secondary N) is 1. The summed E-state index contributed by atoms with van der Waals surface area (Å²) >= 11 is 5.17. The highest BCUT2D eigenvalue weighted by molar-refractivity contribution is 9.11. The van der Waals surface area contributed by atoms with Crippen molar-refractivity contribution in [2.45, 2.75) is 19.9 Å². The van der Waals surface area contributed by atoms with Crippen LogP contribution in [0.25, 0.3) is 0 Å². The van der Waals surface area contributed by atoms with Crippen molar-refractivity contribution in [2.24, 2.45) is 0 Å². The summed E-state index contributed by atoms with van der Waals surface area (Å²) in [6, 6.07) is 8.06. The lowest BCUT2D eigenvalue weighted by Crippen LogP contribution is -2.17. The molecule has 18 heavy (non-hydrogen) atoms. The molecule has 0 aliphatic rings. The normalized spacial score (nSPS) is 12.7. The van der Waals surface area contributed by atoms with Gasteiger partial charge < -0.3 is 5.32 Å². The summed E-state index contributed by atoms with van der Waals surface area (Å²) in [5.74, 6) is -0.110. The summed E-state index contributed by atoms with van der Waals surface area (Å²) < 4.78 is 14.8. The zero-order valence-electron chi connectivity index (χ0n) is 10.6. The lowest BCUT2D eigenvalue weighted by Gasteiger charge is -2.17.